The van der Waals surface area contributed by atoms with Crippen molar-refractivity contribution in [3.63, 3.8) is 0 Å². The zero-order valence-electron chi connectivity index (χ0n) is 14.2. The molecule has 132 valence electrons. The number of carbonyl (C=O) groups is 1. The number of ether oxygens (including phenoxy) is 3. The van der Waals surface area contributed by atoms with Gasteiger partial charge in [0.2, 0.25) is 0 Å². The number of carbonyl (C=O) groups excluding carboxylic acids is 1. The Hall–Kier alpha value is -2.40. The second kappa shape index (κ2) is 7.66. The second-order valence-corrected chi connectivity index (χ2v) is 6.20. The van der Waals surface area contributed by atoms with Crippen LogP contribution in [0.4, 0.5) is 0 Å². The van der Waals surface area contributed by atoms with Crippen molar-refractivity contribution in [1.29, 1.82) is 0 Å². The molecule has 0 bridgehead atoms. The average Bonchev–Trinajstić information content (AvgIpc) is 2.85. The van der Waals surface area contributed by atoms with Gasteiger partial charge >= 0.3 is 0 Å². The van der Waals surface area contributed by atoms with Gasteiger partial charge in [0.05, 0.1) is 26.4 Å². The van der Waals surface area contributed by atoms with E-state index in [-0.39, 0.29) is 11.9 Å². The molecular weight excluding hydrogens is 342 g/mol. The molecule has 1 N–H and O–H groups in total. The largest absolute Gasteiger partial charge is 0.497 e. The SMILES string of the molecule is COc1ccc(C(=O)N[C@H](C)c2cc3c(cc2Cl)OCCCO3)cc1. The Labute approximate surface area is 151 Å². The van der Waals surface area contributed by atoms with Crippen molar-refractivity contribution in [3.05, 3.63) is 52.5 Å². The van der Waals surface area contributed by atoms with Crippen LogP contribution in [0.15, 0.2) is 36.4 Å². The van der Waals surface area contributed by atoms with E-state index in [9.17, 15) is 4.79 Å². The van der Waals surface area contributed by atoms with Crippen LogP contribution in [0.3, 0.4) is 0 Å². The minimum absolute atomic E-state index is 0.182. The molecule has 1 heterocycles. The number of rotatable bonds is 4. The molecule has 1 aliphatic rings. The first-order valence-electron chi connectivity index (χ1n) is 8.12. The molecule has 3 rings (SSSR count). The summed E-state index contributed by atoms with van der Waals surface area (Å²) in [6.07, 6.45) is 0.825. The maximum atomic E-state index is 12.4. The molecule has 0 aromatic heterocycles. The number of nitrogens with one attached hydrogen (secondary N) is 1. The number of fused-ring (bicyclic) bond motifs is 1. The predicted octanol–water partition coefficient (Wildman–Crippen LogP) is 4.00. The van der Waals surface area contributed by atoms with E-state index in [0.717, 1.165) is 12.0 Å². The summed E-state index contributed by atoms with van der Waals surface area (Å²) in [6.45, 7) is 3.08. The number of halogens is 1. The molecule has 25 heavy (non-hydrogen) atoms. The highest BCUT2D eigenvalue weighted by Crippen LogP contribution is 2.37. The Morgan fingerprint density at radius 2 is 1.80 bits per heavy atom. The molecule has 1 amide bonds. The third-order valence-corrected chi connectivity index (χ3v) is 4.36. The van der Waals surface area contributed by atoms with Gasteiger partial charge in [-0.1, -0.05) is 11.6 Å². The quantitative estimate of drug-likeness (QED) is 0.894. The molecule has 0 fully saturated rings. The first-order chi connectivity index (χ1) is 12.1. The highest BCUT2D eigenvalue weighted by Gasteiger charge is 2.19. The third kappa shape index (κ3) is 3.99. The van der Waals surface area contributed by atoms with Crippen LogP contribution in [0.2, 0.25) is 5.02 Å². The Morgan fingerprint density at radius 1 is 1.16 bits per heavy atom. The van der Waals surface area contributed by atoms with E-state index in [2.05, 4.69) is 5.32 Å². The minimum Gasteiger partial charge on any atom is -0.497 e. The van der Waals surface area contributed by atoms with E-state index in [4.69, 9.17) is 25.8 Å². The summed E-state index contributed by atoms with van der Waals surface area (Å²) >= 11 is 6.38. The van der Waals surface area contributed by atoms with E-state index in [1.807, 2.05) is 13.0 Å². The van der Waals surface area contributed by atoms with Crippen molar-refractivity contribution < 1.29 is 19.0 Å². The van der Waals surface area contributed by atoms with Crippen molar-refractivity contribution in [2.24, 2.45) is 0 Å². The van der Waals surface area contributed by atoms with E-state index in [1.54, 1.807) is 37.4 Å². The Bertz CT molecular complexity index is 761. The average molecular weight is 362 g/mol. The Morgan fingerprint density at radius 3 is 2.44 bits per heavy atom. The molecule has 0 radical (unpaired) electrons. The van der Waals surface area contributed by atoms with Crippen LogP contribution >= 0.6 is 11.6 Å². The summed E-state index contributed by atoms with van der Waals surface area (Å²) in [5.41, 5.74) is 1.34. The van der Waals surface area contributed by atoms with Crippen molar-refractivity contribution in [1.82, 2.24) is 5.32 Å². The fourth-order valence-electron chi connectivity index (χ4n) is 2.63. The first kappa shape index (κ1) is 17.4. The molecule has 1 atom stereocenters. The van der Waals surface area contributed by atoms with Gasteiger partial charge in [0.1, 0.15) is 5.75 Å². The molecule has 0 unspecified atom stereocenters. The van der Waals surface area contributed by atoms with E-state index < -0.39 is 0 Å². The maximum Gasteiger partial charge on any atom is 0.251 e. The Balaban J connectivity index is 1.77. The van der Waals surface area contributed by atoms with Gasteiger partial charge in [0, 0.05) is 23.1 Å². The van der Waals surface area contributed by atoms with Crippen LogP contribution in [0.25, 0.3) is 0 Å². The third-order valence-electron chi connectivity index (χ3n) is 4.03. The van der Waals surface area contributed by atoms with Crippen molar-refractivity contribution in [3.8, 4) is 17.2 Å². The standard InChI is InChI=1S/C19H20ClNO4/c1-12(21-19(22)13-4-6-14(23-2)7-5-13)15-10-17-18(11-16(15)20)25-9-3-8-24-17/h4-7,10-12H,3,8-9H2,1-2H3,(H,21,22)/t12-/m1/s1. The van der Waals surface area contributed by atoms with Gasteiger partial charge in [-0.2, -0.15) is 0 Å². The van der Waals surface area contributed by atoms with Gasteiger partial charge in [-0.15, -0.1) is 0 Å². The summed E-state index contributed by atoms with van der Waals surface area (Å²) in [4.78, 5) is 12.4. The summed E-state index contributed by atoms with van der Waals surface area (Å²) < 4.78 is 16.4. The second-order valence-electron chi connectivity index (χ2n) is 5.79. The lowest BCUT2D eigenvalue weighted by Gasteiger charge is -2.18. The summed E-state index contributed by atoms with van der Waals surface area (Å²) in [5.74, 6) is 1.82. The molecule has 6 heteroatoms. The highest BCUT2D eigenvalue weighted by atomic mass is 35.5. The molecule has 0 saturated carbocycles. The van der Waals surface area contributed by atoms with Gasteiger partial charge in [-0.3, -0.25) is 4.79 Å². The molecule has 5 nitrogen and oxygen atoms in total. The lowest BCUT2D eigenvalue weighted by molar-refractivity contribution is 0.0940. The van der Waals surface area contributed by atoms with Gasteiger partial charge in [0.15, 0.2) is 11.5 Å². The minimum atomic E-state index is -0.278. The van der Waals surface area contributed by atoms with Crippen molar-refractivity contribution in [2.75, 3.05) is 20.3 Å². The number of amides is 1. The molecule has 2 aromatic carbocycles. The van der Waals surface area contributed by atoms with Gasteiger partial charge in [0.25, 0.3) is 5.91 Å². The van der Waals surface area contributed by atoms with E-state index >= 15 is 0 Å². The number of methoxy groups -OCH3 is 1. The molecule has 0 saturated heterocycles. The zero-order chi connectivity index (χ0) is 17.8. The fraction of sp³-hybridized carbons (Fsp3) is 0.316. The highest BCUT2D eigenvalue weighted by molar-refractivity contribution is 6.31. The zero-order valence-corrected chi connectivity index (χ0v) is 14.9. The van der Waals surface area contributed by atoms with Crippen LogP contribution in [0.1, 0.15) is 35.3 Å². The topological polar surface area (TPSA) is 56.8 Å². The fourth-order valence-corrected chi connectivity index (χ4v) is 2.95. The molecule has 2 aromatic rings. The number of benzene rings is 2. The van der Waals surface area contributed by atoms with Gasteiger partial charge in [-0.25, -0.2) is 0 Å². The number of hydrogen-bond acceptors (Lipinski definition) is 4. The first-order valence-corrected chi connectivity index (χ1v) is 8.50. The lowest BCUT2D eigenvalue weighted by atomic mass is 10.1. The van der Waals surface area contributed by atoms with Crippen molar-refractivity contribution in [2.45, 2.75) is 19.4 Å². The normalized spacial score (nSPS) is 14.4. The van der Waals surface area contributed by atoms with Crippen LogP contribution < -0.4 is 19.5 Å². The molecule has 0 spiro atoms. The van der Waals surface area contributed by atoms with Crippen LogP contribution in [0.5, 0.6) is 17.2 Å². The molecular formula is C19H20ClNO4. The van der Waals surface area contributed by atoms with Crippen molar-refractivity contribution >= 4 is 17.5 Å². The Kier molecular flexibility index (Phi) is 5.34. The van der Waals surface area contributed by atoms with Gasteiger partial charge < -0.3 is 19.5 Å². The van der Waals surface area contributed by atoms with Crippen LogP contribution in [0, 0.1) is 0 Å². The lowest BCUT2D eigenvalue weighted by Crippen LogP contribution is -2.26. The predicted molar refractivity (Wildman–Crippen MR) is 95.9 cm³/mol. The summed E-state index contributed by atoms with van der Waals surface area (Å²) in [5, 5.41) is 3.49. The van der Waals surface area contributed by atoms with E-state index in [1.165, 1.54) is 0 Å². The van der Waals surface area contributed by atoms with Crippen LogP contribution in [-0.4, -0.2) is 26.2 Å². The summed E-state index contributed by atoms with van der Waals surface area (Å²) in [6, 6.07) is 10.2. The van der Waals surface area contributed by atoms with Crippen LogP contribution in [-0.2, 0) is 0 Å². The smallest absolute Gasteiger partial charge is 0.251 e. The monoisotopic (exact) mass is 361 g/mol. The summed E-state index contributed by atoms with van der Waals surface area (Å²) in [7, 11) is 1.59. The molecule has 1 aliphatic heterocycles. The number of hydrogen-bond donors (Lipinski definition) is 1. The molecule has 0 aliphatic carbocycles. The van der Waals surface area contributed by atoms with Gasteiger partial charge in [-0.05, 0) is 42.8 Å². The van der Waals surface area contributed by atoms with E-state index in [0.29, 0.717) is 41.0 Å². The maximum absolute atomic E-state index is 12.4.